The molecule has 0 aromatic heterocycles. The Morgan fingerprint density at radius 2 is 2.00 bits per heavy atom. The molecule has 4 nitrogen and oxygen atoms in total. The Labute approximate surface area is 119 Å². The average molecular weight is 269 g/mol. The molecule has 2 aliphatic rings. The molecule has 0 unspecified atom stereocenters. The monoisotopic (exact) mass is 269 g/mol. The van der Waals surface area contributed by atoms with E-state index in [-0.39, 0.29) is 11.3 Å². The second-order valence-electron chi connectivity index (χ2n) is 5.77. The number of amides is 1. The van der Waals surface area contributed by atoms with Crippen LogP contribution < -0.4 is 5.32 Å². The zero-order valence-corrected chi connectivity index (χ0v) is 11.6. The Morgan fingerprint density at radius 1 is 1.25 bits per heavy atom. The summed E-state index contributed by atoms with van der Waals surface area (Å²) in [5.74, 6) is 0.146. The average Bonchev–Trinajstić information content (AvgIpc) is 3.27. The Bertz CT molecular complexity index is 540. The molecule has 1 aromatic rings. The highest BCUT2D eigenvalue weighted by Crippen LogP contribution is 2.47. The van der Waals surface area contributed by atoms with E-state index in [1.807, 2.05) is 0 Å². The predicted octanol–water partition coefficient (Wildman–Crippen LogP) is 1.56. The zero-order valence-electron chi connectivity index (χ0n) is 11.6. The van der Waals surface area contributed by atoms with Gasteiger partial charge in [-0.2, -0.15) is 5.26 Å². The fraction of sp³-hybridized carbons (Fsp3) is 0.500. The first-order chi connectivity index (χ1) is 9.72. The van der Waals surface area contributed by atoms with Gasteiger partial charge in [0.1, 0.15) is 0 Å². The summed E-state index contributed by atoms with van der Waals surface area (Å²) in [5.41, 5.74) is 2.20. The molecule has 0 spiro atoms. The number of nitriles is 1. The molecule has 1 aliphatic heterocycles. The van der Waals surface area contributed by atoms with Crippen molar-refractivity contribution in [2.24, 2.45) is 0 Å². The van der Waals surface area contributed by atoms with E-state index in [9.17, 15) is 10.1 Å². The highest BCUT2D eigenvalue weighted by atomic mass is 16.1. The van der Waals surface area contributed by atoms with E-state index in [0.29, 0.717) is 6.42 Å². The Morgan fingerprint density at radius 3 is 2.65 bits per heavy atom. The molecule has 1 heterocycles. The van der Waals surface area contributed by atoms with Crippen LogP contribution in [-0.4, -0.2) is 30.4 Å². The van der Waals surface area contributed by atoms with Gasteiger partial charge in [-0.05, 0) is 24.0 Å². The Kier molecular flexibility index (Phi) is 3.45. The maximum absolute atomic E-state index is 11.3. The largest absolute Gasteiger partial charge is 0.355 e. The smallest absolute Gasteiger partial charge is 0.221 e. The highest BCUT2D eigenvalue weighted by Gasteiger charge is 2.44. The first-order valence-corrected chi connectivity index (χ1v) is 7.22. The second-order valence-corrected chi connectivity index (χ2v) is 5.77. The van der Waals surface area contributed by atoms with Crippen molar-refractivity contribution >= 4 is 5.91 Å². The van der Waals surface area contributed by atoms with E-state index >= 15 is 0 Å². The van der Waals surface area contributed by atoms with Crippen molar-refractivity contribution in [1.82, 2.24) is 10.2 Å². The summed E-state index contributed by atoms with van der Waals surface area (Å²) in [6.07, 6.45) is 2.56. The van der Waals surface area contributed by atoms with Crippen LogP contribution in [0.5, 0.6) is 0 Å². The molecule has 4 heteroatoms. The highest BCUT2D eigenvalue weighted by molar-refractivity contribution is 5.76. The van der Waals surface area contributed by atoms with Crippen molar-refractivity contribution in [3.05, 3.63) is 35.4 Å². The second kappa shape index (κ2) is 5.26. The van der Waals surface area contributed by atoms with Gasteiger partial charge in [0, 0.05) is 32.6 Å². The number of hydrogen-bond donors (Lipinski definition) is 1. The van der Waals surface area contributed by atoms with Crippen molar-refractivity contribution in [3.8, 4) is 6.07 Å². The first-order valence-electron chi connectivity index (χ1n) is 7.22. The van der Waals surface area contributed by atoms with Crippen LogP contribution in [0.3, 0.4) is 0 Å². The number of hydrogen-bond acceptors (Lipinski definition) is 3. The molecule has 1 saturated heterocycles. The molecule has 2 fully saturated rings. The summed E-state index contributed by atoms with van der Waals surface area (Å²) in [6.45, 7) is 3.31. The summed E-state index contributed by atoms with van der Waals surface area (Å²) in [7, 11) is 0. The lowest BCUT2D eigenvalue weighted by Gasteiger charge is -2.19. The number of carbonyl (C=O) groups is 1. The summed E-state index contributed by atoms with van der Waals surface area (Å²) >= 11 is 0. The van der Waals surface area contributed by atoms with E-state index in [0.717, 1.165) is 44.6 Å². The standard InChI is InChI=1S/C16H19N3O/c17-12-16(6-7-16)14-3-1-13(2-4-14)11-19-9-5-15(20)18-8-10-19/h1-4H,5-11H2,(H,18,20). The predicted molar refractivity (Wildman–Crippen MR) is 75.9 cm³/mol. The summed E-state index contributed by atoms with van der Waals surface area (Å²) in [4.78, 5) is 13.6. The molecule has 20 heavy (non-hydrogen) atoms. The topological polar surface area (TPSA) is 56.1 Å². The minimum atomic E-state index is -0.197. The van der Waals surface area contributed by atoms with Crippen molar-refractivity contribution < 1.29 is 4.79 Å². The van der Waals surface area contributed by atoms with Crippen molar-refractivity contribution in [2.45, 2.75) is 31.2 Å². The van der Waals surface area contributed by atoms with Gasteiger partial charge < -0.3 is 5.32 Å². The maximum atomic E-state index is 11.3. The van der Waals surface area contributed by atoms with Gasteiger partial charge in [0.15, 0.2) is 0 Å². The quantitative estimate of drug-likeness (QED) is 0.906. The summed E-state index contributed by atoms with van der Waals surface area (Å²) in [6, 6.07) is 10.8. The van der Waals surface area contributed by atoms with Gasteiger partial charge in [-0.25, -0.2) is 0 Å². The van der Waals surface area contributed by atoms with Crippen molar-refractivity contribution in [3.63, 3.8) is 0 Å². The normalized spacial score (nSPS) is 21.6. The van der Waals surface area contributed by atoms with Gasteiger partial charge >= 0.3 is 0 Å². The van der Waals surface area contributed by atoms with Gasteiger partial charge in [-0.3, -0.25) is 9.69 Å². The van der Waals surface area contributed by atoms with Gasteiger partial charge in [-0.1, -0.05) is 24.3 Å². The van der Waals surface area contributed by atoms with Crippen molar-refractivity contribution in [2.75, 3.05) is 19.6 Å². The first kappa shape index (κ1) is 13.1. The molecule has 1 amide bonds. The fourth-order valence-corrected chi connectivity index (χ4v) is 2.75. The van der Waals surface area contributed by atoms with E-state index in [4.69, 9.17) is 0 Å². The third-order valence-corrected chi connectivity index (χ3v) is 4.28. The van der Waals surface area contributed by atoms with Crippen LogP contribution in [0, 0.1) is 11.3 Å². The molecule has 104 valence electrons. The Balaban J connectivity index is 1.63. The number of nitrogens with zero attached hydrogens (tertiary/aromatic N) is 2. The molecule has 0 atom stereocenters. The van der Waals surface area contributed by atoms with Crippen LogP contribution in [0.15, 0.2) is 24.3 Å². The lowest BCUT2D eigenvalue weighted by Crippen LogP contribution is -2.28. The van der Waals surface area contributed by atoms with Gasteiger partial charge in [0.25, 0.3) is 0 Å². The number of benzene rings is 1. The lowest BCUT2D eigenvalue weighted by molar-refractivity contribution is -0.120. The molecular formula is C16H19N3O. The van der Waals surface area contributed by atoms with Crippen LogP contribution in [-0.2, 0) is 16.8 Å². The van der Waals surface area contributed by atoms with E-state index < -0.39 is 0 Å². The summed E-state index contributed by atoms with van der Waals surface area (Å²) in [5, 5.41) is 12.1. The van der Waals surface area contributed by atoms with Crippen LogP contribution in [0.2, 0.25) is 0 Å². The Hall–Kier alpha value is -1.86. The van der Waals surface area contributed by atoms with Gasteiger partial charge in [0.2, 0.25) is 5.91 Å². The van der Waals surface area contributed by atoms with Crippen LogP contribution in [0.25, 0.3) is 0 Å². The molecule has 0 bridgehead atoms. The molecule has 1 saturated carbocycles. The summed E-state index contributed by atoms with van der Waals surface area (Å²) < 4.78 is 0. The number of carbonyl (C=O) groups excluding carboxylic acids is 1. The lowest BCUT2D eigenvalue weighted by atomic mass is 9.96. The fourth-order valence-electron chi connectivity index (χ4n) is 2.75. The third-order valence-electron chi connectivity index (χ3n) is 4.28. The van der Waals surface area contributed by atoms with Crippen LogP contribution in [0.1, 0.15) is 30.4 Å². The molecule has 1 aromatic carbocycles. The molecule has 1 N–H and O–H groups in total. The van der Waals surface area contributed by atoms with E-state index in [1.54, 1.807) is 0 Å². The van der Waals surface area contributed by atoms with E-state index in [1.165, 1.54) is 5.56 Å². The molecular weight excluding hydrogens is 250 g/mol. The minimum Gasteiger partial charge on any atom is -0.355 e. The van der Waals surface area contributed by atoms with Gasteiger partial charge in [-0.15, -0.1) is 0 Å². The molecule has 0 radical (unpaired) electrons. The number of rotatable bonds is 3. The van der Waals surface area contributed by atoms with E-state index in [2.05, 4.69) is 40.6 Å². The SMILES string of the molecule is N#CC1(c2ccc(CN3CCNC(=O)CC3)cc2)CC1. The van der Waals surface area contributed by atoms with Gasteiger partial charge in [0.05, 0.1) is 11.5 Å². The minimum absolute atomic E-state index is 0.146. The molecule has 3 rings (SSSR count). The zero-order chi connectivity index (χ0) is 14.0. The van der Waals surface area contributed by atoms with Crippen molar-refractivity contribution in [1.29, 1.82) is 5.26 Å². The van der Waals surface area contributed by atoms with Crippen LogP contribution >= 0.6 is 0 Å². The maximum Gasteiger partial charge on any atom is 0.221 e. The third kappa shape index (κ3) is 2.68. The van der Waals surface area contributed by atoms with Crippen LogP contribution in [0.4, 0.5) is 0 Å². The number of nitrogens with one attached hydrogen (secondary N) is 1. The molecule has 1 aliphatic carbocycles.